The first-order valence-corrected chi connectivity index (χ1v) is 10.7. The molecule has 2 aliphatic heterocycles. The molecule has 6 nitrogen and oxygen atoms in total. The Balaban J connectivity index is 1.70. The third-order valence-electron chi connectivity index (χ3n) is 5.47. The maximum atomic E-state index is 13.0. The van der Waals surface area contributed by atoms with E-state index < -0.39 is 29.0 Å². The number of aliphatic hydroxyl groups is 1. The number of piperidine rings is 1. The Hall–Kier alpha value is -2.12. The predicted molar refractivity (Wildman–Crippen MR) is 116 cm³/mol. The highest BCUT2D eigenvalue weighted by molar-refractivity contribution is 6.34. The zero-order chi connectivity index (χ0) is 22.6. The van der Waals surface area contributed by atoms with E-state index in [2.05, 4.69) is 0 Å². The van der Waals surface area contributed by atoms with Crippen molar-refractivity contribution >= 4 is 35.2 Å². The summed E-state index contributed by atoms with van der Waals surface area (Å²) in [6.45, 7) is 5.34. The van der Waals surface area contributed by atoms with Gasteiger partial charge in [0, 0.05) is 27.7 Å². The van der Waals surface area contributed by atoms with Crippen molar-refractivity contribution in [1.82, 2.24) is 4.90 Å². The van der Waals surface area contributed by atoms with Crippen molar-refractivity contribution in [2.75, 3.05) is 6.54 Å². The Morgan fingerprint density at radius 1 is 1.13 bits per heavy atom. The van der Waals surface area contributed by atoms with Crippen LogP contribution in [0.4, 0.5) is 4.79 Å². The number of rotatable bonds is 1. The van der Waals surface area contributed by atoms with Crippen molar-refractivity contribution in [1.29, 1.82) is 0 Å². The van der Waals surface area contributed by atoms with E-state index in [1.54, 1.807) is 51.1 Å². The quantitative estimate of drug-likeness (QED) is 0.645. The summed E-state index contributed by atoms with van der Waals surface area (Å²) in [5.74, 6) is -2.26. The normalized spacial score (nSPS) is 25.6. The first-order chi connectivity index (χ1) is 14.4. The van der Waals surface area contributed by atoms with Gasteiger partial charge in [0.05, 0.1) is 6.42 Å². The molecule has 164 valence electrons. The molecule has 1 spiro atoms. The Labute approximate surface area is 190 Å². The summed E-state index contributed by atoms with van der Waals surface area (Å²) in [5.41, 5.74) is -0.209. The lowest BCUT2D eigenvalue weighted by atomic mass is 9.82. The SMILES string of the molecule is CC(C)(C)OC(=O)N1CCC2(CC1=O)OC(O)(c1cc(Cl)cc(Cl)c1)c1ccccc12. The summed E-state index contributed by atoms with van der Waals surface area (Å²) in [4.78, 5) is 26.5. The summed E-state index contributed by atoms with van der Waals surface area (Å²) < 4.78 is 11.6. The van der Waals surface area contributed by atoms with E-state index in [0.29, 0.717) is 33.2 Å². The minimum atomic E-state index is -1.83. The highest BCUT2D eigenvalue weighted by atomic mass is 35.5. The van der Waals surface area contributed by atoms with E-state index >= 15 is 0 Å². The van der Waals surface area contributed by atoms with E-state index in [0.717, 1.165) is 4.90 Å². The monoisotopic (exact) mass is 463 g/mol. The Kier molecular flexibility index (Phi) is 5.33. The molecule has 0 aromatic heterocycles. The number of likely N-dealkylation sites (tertiary alicyclic amines) is 1. The number of benzene rings is 2. The Bertz CT molecular complexity index is 1050. The molecule has 1 N–H and O–H groups in total. The number of nitrogens with zero attached hydrogens (tertiary/aromatic N) is 1. The van der Waals surface area contributed by atoms with E-state index in [9.17, 15) is 14.7 Å². The van der Waals surface area contributed by atoms with Crippen LogP contribution >= 0.6 is 23.2 Å². The molecule has 1 fully saturated rings. The van der Waals surface area contributed by atoms with Gasteiger partial charge in [0.25, 0.3) is 0 Å². The van der Waals surface area contributed by atoms with Crippen LogP contribution in [0.5, 0.6) is 0 Å². The van der Waals surface area contributed by atoms with Crippen LogP contribution in [0.2, 0.25) is 10.0 Å². The van der Waals surface area contributed by atoms with Crippen molar-refractivity contribution in [2.45, 2.75) is 50.6 Å². The number of hydrogen-bond acceptors (Lipinski definition) is 5. The fourth-order valence-corrected chi connectivity index (χ4v) is 4.73. The van der Waals surface area contributed by atoms with E-state index in [1.165, 1.54) is 0 Å². The predicted octanol–water partition coefficient (Wildman–Crippen LogP) is 4.97. The number of carbonyl (C=O) groups is 2. The van der Waals surface area contributed by atoms with Crippen molar-refractivity contribution in [2.24, 2.45) is 0 Å². The summed E-state index contributed by atoms with van der Waals surface area (Å²) in [6.07, 6.45) is -0.485. The number of imide groups is 1. The summed E-state index contributed by atoms with van der Waals surface area (Å²) in [6, 6.07) is 11.9. The first kappa shape index (κ1) is 22.1. The summed E-state index contributed by atoms with van der Waals surface area (Å²) in [5, 5.41) is 12.3. The van der Waals surface area contributed by atoms with Gasteiger partial charge in [-0.2, -0.15) is 0 Å². The second kappa shape index (κ2) is 7.48. The van der Waals surface area contributed by atoms with Crippen molar-refractivity contribution in [3.63, 3.8) is 0 Å². The second-order valence-electron chi connectivity index (χ2n) is 8.90. The maximum Gasteiger partial charge on any atom is 0.417 e. The van der Waals surface area contributed by atoms with Gasteiger partial charge in [0.2, 0.25) is 11.7 Å². The van der Waals surface area contributed by atoms with Crippen LogP contribution in [-0.2, 0) is 25.7 Å². The first-order valence-electron chi connectivity index (χ1n) is 9.96. The molecular weight excluding hydrogens is 441 g/mol. The van der Waals surface area contributed by atoms with Gasteiger partial charge in [-0.15, -0.1) is 0 Å². The van der Waals surface area contributed by atoms with Gasteiger partial charge in [-0.25, -0.2) is 9.69 Å². The average molecular weight is 464 g/mol. The second-order valence-corrected chi connectivity index (χ2v) is 9.77. The average Bonchev–Trinajstić information content (AvgIpc) is 2.89. The number of amides is 2. The van der Waals surface area contributed by atoms with Gasteiger partial charge < -0.3 is 14.6 Å². The standard InChI is InChI=1S/C23H23Cl2NO5/c1-21(2,3)30-20(28)26-9-8-22(13-19(26)27)17-6-4-5-7-18(17)23(29,31-22)14-10-15(24)12-16(25)11-14/h4-7,10-12,29H,8-9,13H2,1-3H3. The lowest BCUT2D eigenvalue weighted by Gasteiger charge is -2.39. The lowest BCUT2D eigenvalue weighted by molar-refractivity contribution is -0.242. The molecule has 8 heteroatoms. The zero-order valence-electron chi connectivity index (χ0n) is 17.4. The van der Waals surface area contributed by atoms with Crippen molar-refractivity contribution in [3.05, 3.63) is 69.2 Å². The molecule has 0 bridgehead atoms. The van der Waals surface area contributed by atoms with Gasteiger partial charge >= 0.3 is 6.09 Å². The van der Waals surface area contributed by atoms with Gasteiger partial charge in [-0.1, -0.05) is 47.5 Å². The molecule has 2 amide bonds. The third-order valence-corrected chi connectivity index (χ3v) is 5.91. The third kappa shape index (κ3) is 3.94. The van der Waals surface area contributed by atoms with Gasteiger partial charge in [-0.3, -0.25) is 4.79 Å². The van der Waals surface area contributed by atoms with Crippen LogP contribution < -0.4 is 0 Å². The van der Waals surface area contributed by atoms with Crippen molar-refractivity contribution < 1.29 is 24.2 Å². The van der Waals surface area contributed by atoms with Crippen LogP contribution in [0.3, 0.4) is 0 Å². The maximum absolute atomic E-state index is 13.0. The van der Waals surface area contributed by atoms with Crippen LogP contribution in [0.15, 0.2) is 42.5 Å². The number of fused-ring (bicyclic) bond motifs is 2. The molecule has 31 heavy (non-hydrogen) atoms. The molecule has 2 aromatic carbocycles. The molecule has 2 aromatic rings. The summed E-state index contributed by atoms with van der Waals surface area (Å²) in [7, 11) is 0. The molecule has 2 atom stereocenters. The van der Waals surface area contributed by atoms with Crippen LogP contribution in [0.25, 0.3) is 0 Å². The number of hydrogen-bond donors (Lipinski definition) is 1. The Morgan fingerprint density at radius 3 is 2.32 bits per heavy atom. The minimum absolute atomic E-state index is 0.106. The van der Waals surface area contributed by atoms with E-state index in [-0.39, 0.29) is 13.0 Å². The van der Waals surface area contributed by atoms with Crippen LogP contribution in [-0.4, -0.2) is 34.2 Å². The topological polar surface area (TPSA) is 76.1 Å². The van der Waals surface area contributed by atoms with E-state index in [4.69, 9.17) is 32.7 Å². The highest BCUT2D eigenvalue weighted by Crippen LogP contribution is 2.54. The van der Waals surface area contributed by atoms with Crippen molar-refractivity contribution in [3.8, 4) is 0 Å². The minimum Gasteiger partial charge on any atom is -0.443 e. The molecule has 4 rings (SSSR count). The van der Waals surface area contributed by atoms with Gasteiger partial charge in [0.1, 0.15) is 11.2 Å². The molecular formula is C23H23Cl2NO5. The molecule has 2 unspecified atom stereocenters. The smallest absolute Gasteiger partial charge is 0.417 e. The molecule has 0 radical (unpaired) electrons. The highest BCUT2D eigenvalue weighted by Gasteiger charge is 2.57. The Morgan fingerprint density at radius 2 is 1.74 bits per heavy atom. The number of carbonyl (C=O) groups excluding carboxylic acids is 2. The molecule has 2 aliphatic rings. The number of ether oxygens (including phenoxy) is 2. The number of halogens is 2. The zero-order valence-corrected chi connectivity index (χ0v) is 19.0. The van der Waals surface area contributed by atoms with E-state index in [1.807, 2.05) is 12.1 Å². The van der Waals surface area contributed by atoms with Gasteiger partial charge in [0.15, 0.2) is 0 Å². The fraction of sp³-hybridized carbons (Fsp3) is 0.391. The molecule has 0 aliphatic carbocycles. The van der Waals surface area contributed by atoms with Crippen LogP contribution in [0.1, 0.15) is 50.3 Å². The summed E-state index contributed by atoms with van der Waals surface area (Å²) >= 11 is 12.3. The lowest BCUT2D eigenvalue weighted by Crippen LogP contribution is -2.51. The molecule has 0 saturated carbocycles. The molecule has 1 saturated heterocycles. The molecule has 2 heterocycles. The fourth-order valence-electron chi connectivity index (χ4n) is 4.20. The van der Waals surface area contributed by atoms with Crippen LogP contribution in [0, 0.1) is 0 Å². The van der Waals surface area contributed by atoms with Gasteiger partial charge in [-0.05, 0) is 51.0 Å². The largest absolute Gasteiger partial charge is 0.443 e.